The van der Waals surface area contributed by atoms with Crippen molar-refractivity contribution in [3.63, 3.8) is 0 Å². The number of benzene rings is 1. The zero-order chi connectivity index (χ0) is 15.5. The molecule has 1 aliphatic heterocycles. The third-order valence-electron chi connectivity index (χ3n) is 3.52. The molecule has 0 spiro atoms. The number of nitrogens with zero attached hydrogens (tertiary/aromatic N) is 1. The largest absolute Gasteiger partial charge is 0.497 e. The molecule has 1 saturated heterocycles. The van der Waals surface area contributed by atoms with E-state index in [9.17, 15) is 13.2 Å². The van der Waals surface area contributed by atoms with Crippen molar-refractivity contribution in [3.05, 3.63) is 22.7 Å². The van der Waals surface area contributed by atoms with Gasteiger partial charge in [-0.2, -0.15) is 13.2 Å². The molecule has 118 valence electrons. The average molecular weight is 367 g/mol. The van der Waals surface area contributed by atoms with Crippen molar-refractivity contribution in [1.29, 1.82) is 0 Å². The smallest absolute Gasteiger partial charge is 0.401 e. The van der Waals surface area contributed by atoms with Gasteiger partial charge in [0, 0.05) is 29.7 Å². The maximum atomic E-state index is 12.3. The molecule has 7 heteroatoms. The molecule has 0 atom stereocenters. The van der Waals surface area contributed by atoms with E-state index in [-0.39, 0.29) is 6.04 Å². The number of rotatable bonds is 4. The van der Waals surface area contributed by atoms with E-state index >= 15 is 0 Å². The maximum Gasteiger partial charge on any atom is 0.401 e. The normalized spacial score (nSPS) is 17.8. The van der Waals surface area contributed by atoms with Gasteiger partial charge in [0.15, 0.2) is 0 Å². The highest BCUT2D eigenvalue weighted by molar-refractivity contribution is 9.10. The molecule has 1 fully saturated rings. The second kappa shape index (κ2) is 6.87. The number of hydrogen-bond donors (Lipinski definition) is 1. The van der Waals surface area contributed by atoms with E-state index in [1.807, 2.05) is 18.2 Å². The van der Waals surface area contributed by atoms with E-state index in [0.717, 1.165) is 15.9 Å². The molecule has 1 N–H and O–H groups in total. The Hall–Kier alpha value is -0.950. The van der Waals surface area contributed by atoms with E-state index in [1.165, 1.54) is 4.90 Å². The Bertz CT molecular complexity index is 474. The van der Waals surface area contributed by atoms with Crippen LogP contribution in [0.5, 0.6) is 5.75 Å². The van der Waals surface area contributed by atoms with Crippen LogP contribution in [-0.2, 0) is 0 Å². The number of nitrogens with one attached hydrogen (secondary N) is 1. The van der Waals surface area contributed by atoms with E-state index in [1.54, 1.807) is 7.11 Å². The molecule has 0 bridgehead atoms. The van der Waals surface area contributed by atoms with Crippen LogP contribution in [0.1, 0.15) is 12.8 Å². The van der Waals surface area contributed by atoms with Crippen LogP contribution in [-0.4, -0.2) is 43.9 Å². The van der Waals surface area contributed by atoms with Crippen LogP contribution in [0, 0.1) is 0 Å². The SMILES string of the molecule is COc1ccc(Br)c(NC2CCN(CC(F)(F)F)CC2)c1. The highest BCUT2D eigenvalue weighted by Crippen LogP contribution is 2.29. The monoisotopic (exact) mass is 366 g/mol. The molecule has 0 radical (unpaired) electrons. The van der Waals surface area contributed by atoms with Crippen LogP contribution in [0.2, 0.25) is 0 Å². The summed E-state index contributed by atoms with van der Waals surface area (Å²) in [5.41, 5.74) is 0.906. The van der Waals surface area contributed by atoms with Crippen molar-refractivity contribution < 1.29 is 17.9 Å². The molecule has 1 aliphatic rings. The van der Waals surface area contributed by atoms with E-state index in [0.29, 0.717) is 25.9 Å². The number of ether oxygens (including phenoxy) is 1. The van der Waals surface area contributed by atoms with Gasteiger partial charge >= 0.3 is 6.18 Å². The van der Waals surface area contributed by atoms with E-state index in [4.69, 9.17) is 4.74 Å². The van der Waals surface area contributed by atoms with Gasteiger partial charge in [-0.15, -0.1) is 0 Å². The first-order chi connectivity index (χ1) is 9.87. The van der Waals surface area contributed by atoms with Crippen molar-refractivity contribution >= 4 is 21.6 Å². The van der Waals surface area contributed by atoms with Gasteiger partial charge in [-0.1, -0.05) is 0 Å². The molecule has 2 rings (SSSR count). The molecule has 0 amide bonds. The first-order valence-electron chi connectivity index (χ1n) is 6.76. The minimum absolute atomic E-state index is 0.179. The molecule has 0 saturated carbocycles. The molecule has 1 heterocycles. The van der Waals surface area contributed by atoms with Gasteiger partial charge in [0.05, 0.1) is 19.3 Å². The second-order valence-electron chi connectivity index (χ2n) is 5.16. The zero-order valence-corrected chi connectivity index (χ0v) is 13.3. The Kier molecular flexibility index (Phi) is 5.37. The summed E-state index contributed by atoms with van der Waals surface area (Å²) in [7, 11) is 1.60. The average Bonchev–Trinajstić information content (AvgIpc) is 2.42. The molecule has 0 unspecified atom stereocenters. The lowest BCUT2D eigenvalue weighted by Gasteiger charge is -2.33. The summed E-state index contributed by atoms with van der Waals surface area (Å²) in [4.78, 5) is 1.46. The molecular weight excluding hydrogens is 349 g/mol. The highest BCUT2D eigenvalue weighted by Gasteiger charge is 2.32. The van der Waals surface area contributed by atoms with Crippen LogP contribution in [0.25, 0.3) is 0 Å². The molecular formula is C14H18BrF3N2O. The van der Waals surface area contributed by atoms with Crippen molar-refractivity contribution in [3.8, 4) is 5.75 Å². The summed E-state index contributed by atoms with van der Waals surface area (Å²) in [5.74, 6) is 0.746. The summed E-state index contributed by atoms with van der Waals surface area (Å²) in [6.45, 7) is 0.0973. The Morgan fingerprint density at radius 1 is 1.33 bits per heavy atom. The minimum atomic E-state index is -4.11. The highest BCUT2D eigenvalue weighted by atomic mass is 79.9. The third kappa shape index (κ3) is 5.07. The predicted octanol–water partition coefficient (Wildman–Crippen LogP) is 3.90. The molecule has 21 heavy (non-hydrogen) atoms. The summed E-state index contributed by atoms with van der Waals surface area (Å²) < 4.78 is 43.1. The summed E-state index contributed by atoms with van der Waals surface area (Å²) in [6, 6.07) is 5.80. The first-order valence-corrected chi connectivity index (χ1v) is 7.56. The molecule has 0 aliphatic carbocycles. The van der Waals surface area contributed by atoms with Gasteiger partial charge in [-0.25, -0.2) is 0 Å². The fourth-order valence-corrected chi connectivity index (χ4v) is 2.81. The predicted molar refractivity (Wildman–Crippen MR) is 79.8 cm³/mol. The Balaban J connectivity index is 1.89. The van der Waals surface area contributed by atoms with Crippen LogP contribution in [0.4, 0.5) is 18.9 Å². The van der Waals surface area contributed by atoms with E-state index in [2.05, 4.69) is 21.2 Å². The molecule has 3 nitrogen and oxygen atoms in total. The van der Waals surface area contributed by atoms with Crippen LogP contribution < -0.4 is 10.1 Å². The van der Waals surface area contributed by atoms with Crippen molar-refractivity contribution in [2.45, 2.75) is 25.1 Å². The minimum Gasteiger partial charge on any atom is -0.497 e. The fraction of sp³-hybridized carbons (Fsp3) is 0.571. The van der Waals surface area contributed by atoms with Crippen LogP contribution in [0.15, 0.2) is 22.7 Å². The number of alkyl halides is 3. The number of piperidine rings is 1. The Labute approximate surface area is 130 Å². The standard InChI is InChI=1S/C14H18BrF3N2O/c1-21-11-2-3-12(15)13(8-11)19-10-4-6-20(7-5-10)9-14(16,17)18/h2-3,8,10,19H,4-7,9H2,1H3. The fourth-order valence-electron chi connectivity index (χ4n) is 2.45. The topological polar surface area (TPSA) is 24.5 Å². The lowest BCUT2D eigenvalue weighted by molar-refractivity contribution is -0.147. The van der Waals surface area contributed by atoms with Crippen molar-refractivity contribution in [2.75, 3.05) is 32.1 Å². The number of likely N-dealkylation sites (tertiary alicyclic amines) is 1. The van der Waals surface area contributed by atoms with Crippen LogP contribution >= 0.6 is 15.9 Å². The second-order valence-corrected chi connectivity index (χ2v) is 6.01. The summed E-state index contributed by atoms with van der Waals surface area (Å²) in [6.07, 6.45) is -2.73. The van der Waals surface area contributed by atoms with Crippen molar-refractivity contribution in [2.24, 2.45) is 0 Å². The van der Waals surface area contributed by atoms with Crippen molar-refractivity contribution in [1.82, 2.24) is 4.90 Å². The Morgan fingerprint density at radius 2 is 2.00 bits per heavy atom. The maximum absolute atomic E-state index is 12.3. The van der Waals surface area contributed by atoms with Crippen LogP contribution in [0.3, 0.4) is 0 Å². The number of halogens is 4. The molecule has 1 aromatic rings. The number of anilines is 1. The van der Waals surface area contributed by atoms with E-state index < -0.39 is 12.7 Å². The lowest BCUT2D eigenvalue weighted by atomic mass is 10.0. The first kappa shape index (κ1) is 16.4. The summed E-state index contributed by atoms with van der Waals surface area (Å²) in [5, 5.41) is 3.37. The van der Waals surface area contributed by atoms with Gasteiger partial charge in [0.2, 0.25) is 0 Å². The van der Waals surface area contributed by atoms with Gasteiger partial charge in [0.25, 0.3) is 0 Å². The zero-order valence-electron chi connectivity index (χ0n) is 11.7. The molecule has 0 aromatic heterocycles. The van der Waals surface area contributed by atoms with Gasteiger partial charge in [-0.3, -0.25) is 4.90 Å². The Morgan fingerprint density at radius 3 is 2.57 bits per heavy atom. The van der Waals surface area contributed by atoms with Gasteiger partial charge in [-0.05, 0) is 40.9 Å². The van der Waals surface area contributed by atoms with Gasteiger partial charge < -0.3 is 10.1 Å². The number of methoxy groups -OCH3 is 1. The molecule has 1 aromatic carbocycles. The number of hydrogen-bond acceptors (Lipinski definition) is 3. The quantitative estimate of drug-likeness (QED) is 0.874. The third-order valence-corrected chi connectivity index (χ3v) is 4.22. The summed E-state index contributed by atoms with van der Waals surface area (Å²) >= 11 is 3.46. The van der Waals surface area contributed by atoms with Gasteiger partial charge in [0.1, 0.15) is 5.75 Å². The lowest BCUT2D eigenvalue weighted by Crippen LogP contribution is -2.43.